The maximum atomic E-state index is 10.8. The highest BCUT2D eigenvalue weighted by Crippen LogP contribution is 2.25. The third-order valence-corrected chi connectivity index (χ3v) is 2.46. The molecule has 0 saturated carbocycles. The minimum Gasteiger partial charge on any atom is -0.388 e. The summed E-state index contributed by atoms with van der Waals surface area (Å²) in [6.07, 6.45) is 1.61. The summed E-state index contributed by atoms with van der Waals surface area (Å²) in [5, 5.41) is 20.3. The summed E-state index contributed by atoms with van der Waals surface area (Å²) in [6.45, 7) is 3.50. The molecule has 1 aromatic rings. The number of hydrogen-bond donors (Lipinski definition) is 1. The van der Waals surface area contributed by atoms with Gasteiger partial charge in [0.1, 0.15) is 6.29 Å². The van der Waals surface area contributed by atoms with Crippen molar-refractivity contribution in [3.8, 4) is 0 Å². The number of aliphatic hydroxyl groups is 1. The first-order valence-electron chi connectivity index (χ1n) is 5.08. The number of non-ortho nitro benzene ring substituents is 1. The standard InChI is InChI=1S/C12H13NO4/c1-2-3-10(8-14)12(15)9-4-6-11(7-5-9)13(16)17/h2,4-8,10,12,15H,1,3H2/t10-,12-/m0/s1. The fourth-order valence-electron chi connectivity index (χ4n) is 1.49. The first kappa shape index (κ1) is 13.1. The molecule has 5 heteroatoms. The number of rotatable bonds is 6. The monoisotopic (exact) mass is 235 g/mol. The van der Waals surface area contributed by atoms with E-state index in [0.29, 0.717) is 18.3 Å². The number of carbonyl (C=O) groups is 1. The molecule has 0 heterocycles. The van der Waals surface area contributed by atoms with E-state index >= 15 is 0 Å². The number of aliphatic hydroxyl groups excluding tert-OH is 1. The second-order valence-electron chi connectivity index (χ2n) is 3.62. The molecule has 0 spiro atoms. The number of nitro benzene ring substituents is 1. The van der Waals surface area contributed by atoms with Gasteiger partial charge in [-0.1, -0.05) is 6.08 Å². The van der Waals surface area contributed by atoms with Crippen LogP contribution < -0.4 is 0 Å². The van der Waals surface area contributed by atoms with Crippen LogP contribution in [0.3, 0.4) is 0 Å². The van der Waals surface area contributed by atoms with Gasteiger partial charge in [0.2, 0.25) is 0 Å². The molecule has 0 aliphatic rings. The van der Waals surface area contributed by atoms with Crippen molar-refractivity contribution in [1.82, 2.24) is 0 Å². The molecule has 5 nitrogen and oxygen atoms in total. The van der Waals surface area contributed by atoms with Gasteiger partial charge in [0.15, 0.2) is 0 Å². The molecule has 1 N–H and O–H groups in total. The lowest BCUT2D eigenvalue weighted by molar-refractivity contribution is -0.384. The van der Waals surface area contributed by atoms with Crippen LogP contribution in [0, 0.1) is 16.0 Å². The Morgan fingerprint density at radius 2 is 2.00 bits per heavy atom. The predicted octanol–water partition coefficient (Wildman–Crippen LogP) is 2.02. The lowest BCUT2D eigenvalue weighted by Gasteiger charge is -2.16. The van der Waals surface area contributed by atoms with E-state index in [4.69, 9.17) is 0 Å². The molecule has 0 unspecified atom stereocenters. The van der Waals surface area contributed by atoms with Crippen molar-refractivity contribution in [2.45, 2.75) is 12.5 Å². The maximum Gasteiger partial charge on any atom is 0.269 e. The van der Waals surface area contributed by atoms with E-state index in [0.717, 1.165) is 0 Å². The third kappa shape index (κ3) is 3.22. The topological polar surface area (TPSA) is 80.4 Å². The summed E-state index contributed by atoms with van der Waals surface area (Å²) in [7, 11) is 0. The van der Waals surface area contributed by atoms with Gasteiger partial charge in [-0.25, -0.2) is 0 Å². The SMILES string of the molecule is C=CC[C@@H](C=O)[C@@H](O)c1ccc([N+](=O)[O-])cc1. The van der Waals surface area contributed by atoms with Gasteiger partial charge in [-0.3, -0.25) is 10.1 Å². The molecule has 0 aliphatic carbocycles. The third-order valence-electron chi connectivity index (χ3n) is 2.46. The van der Waals surface area contributed by atoms with Crippen LogP contribution in [-0.4, -0.2) is 16.3 Å². The Morgan fingerprint density at radius 1 is 1.41 bits per heavy atom. The molecule has 1 aromatic carbocycles. The van der Waals surface area contributed by atoms with E-state index in [1.165, 1.54) is 24.3 Å². The van der Waals surface area contributed by atoms with Crippen molar-refractivity contribution in [1.29, 1.82) is 0 Å². The Hall–Kier alpha value is -2.01. The molecule has 0 bridgehead atoms. The van der Waals surface area contributed by atoms with Gasteiger partial charge in [-0.15, -0.1) is 6.58 Å². The summed E-state index contributed by atoms with van der Waals surface area (Å²) in [4.78, 5) is 20.7. The van der Waals surface area contributed by atoms with Crippen LogP contribution in [-0.2, 0) is 4.79 Å². The molecule has 17 heavy (non-hydrogen) atoms. The summed E-state index contributed by atoms with van der Waals surface area (Å²) >= 11 is 0. The average Bonchev–Trinajstić information content (AvgIpc) is 2.35. The quantitative estimate of drug-likeness (QED) is 0.354. The van der Waals surface area contributed by atoms with Crippen molar-refractivity contribution in [2.24, 2.45) is 5.92 Å². The van der Waals surface area contributed by atoms with E-state index in [2.05, 4.69) is 6.58 Å². The number of benzene rings is 1. The molecule has 2 atom stereocenters. The van der Waals surface area contributed by atoms with E-state index in [9.17, 15) is 20.0 Å². The van der Waals surface area contributed by atoms with Crippen molar-refractivity contribution in [2.75, 3.05) is 0 Å². The van der Waals surface area contributed by atoms with Crippen LogP contribution in [0.5, 0.6) is 0 Å². The van der Waals surface area contributed by atoms with Gasteiger partial charge in [0.25, 0.3) is 5.69 Å². The summed E-state index contributed by atoms with van der Waals surface area (Å²) < 4.78 is 0. The van der Waals surface area contributed by atoms with E-state index in [-0.39, 0.29) is 5.69 Å². The lowest BCUT2D eigenvalue weighted by atomic mass is 9.94. The van der Waals surface area contributed by atoms with Crippen LogP contribution in [0.4, 0.5) is 5.69 Å². The van der Waals surface area contributed by atoms with Crippen LogP contribution in [0.25, 0.3) is 0 Å². The molecule has 0 aromatic heterocycles. The number of allylic oxidation sites excluding steroid dienone is 1. The molecule has 0 saturated heterocycles. The fraction of sp³-hybridized carbons (Fsp3) is 0.250. The van der Waals surface area contributed by atoms with Gasteiger partial charge in [0, 0.05) is 18.1 Å². The largest absolute Gasteiger partial charge is 0.388 e. The molecule has 0 aliphatic heterocycles. The molecule has 1 rings (SSSR count). The van der Waals surface area contributed by atoms with E-state index < -0.39 is 16.9 Å². The number of hydrogen-bond acceptors (Lipinski definition) is 4. The Morgan fingerprint density at radius 3 is 2.41 bits per heavy atom. The maximum absolute atomic E-state index is 10.8. The number of carbonyl (C=O) groups excluding carboxylic acids is 1. The van der Waals surface area contributed by atoms with E-state index in [1.807, 2.05) is 0 Å². The van der Waals surface area contributed by atoms with Crippen molar-refractivity contribution < 1.29 is 14.8 Å². The zero-order chi connectivity index (χ0) is 12.8. The van der Waals surface area contributed by atoms with Gasteiger partial charge in [-0.05, 0) is 24.1 Å². The number of nitro groups is 1. The molecule has 0 radical (unpaired) electrons. The Labute approximate surface area is 98.5 Å². The second-order valence-corrected chi connectivity index (χ2v) is 3.62. The fourth-order valence-corrected chi connectivity index (χ4v) is 1.49. The molecule has 0 fully saturated rings. The predicted molar refractivity (Wildman–Crippen MR) is 62.4 cm³/mol. The average molecular weight is 235 g/mol. The van der Waals surface area contributed by atoms with Gasteiger partial charge in [-0.2, -0.15) is 0 Å². The van der Waals surface area contributed by atoms with Gasteiger partial charge >= 0.3 is 0 Å². The Balaban J connectivity index is 2.88. The molecule has 90 valence electrons. The summed E-state index contributed by atoms with van der Waals surface area (Å²) in [6, 6.07) is 5.49. The smallest absolute Gasteiger partial charge is 0.269 e. The van der Waals surface area contributed by atoms with Crippen LogP contribution in [0.15, 0.2) is 36.9 Å². The highest BCUT2D eigenvalue weighted by molar-refractivity contribution is 5.55. The highest BCUT2D eigenvalue weighted by Gasteiger charge is 2.19. The highest BCUT2D eigenvalue weighted by atomic mass is 16.6. The molecule has 0 amide bonds. The van der Waals surface area contributed by atoms with E-state index in [1.54, 1.807) is 6.08 Å². The van der Waals surface area contributed by atoms with Crippen LogP contribution in [0.2, 0.25) is 0 Å². The zero-order valence-electron chi connectivity index (χ0n) is 9.15. The van der Waals surface area contributed by atoms with Crippen LogP contribution >= 0.6 is 0 Å². The molecular formula is C12H13NO4. The normalized spacial score (nSPS) is 13.7. The summed E-state index contributed by atoms with van der Waals surface area (Å²) in [5.41, 5.74) is 0.432. The zero-order valence-corrected chi connectivity index (χ0v) is 9.15. The number of nitrogens with zero attached hydrogens (tertiary/aromatic N) is 1. The van der Waals surface area contributed by atoms with Crippen molar-refractivity contribution in [3.63, 3.8) is 0 Å². The second kappa shape index (κ2) is 5.91. The molecular weight excluding hydrogens is 222 g/mol. The van der Waals surface area contributed by atoms with Crippen molar-refractivity contribution >= 4 is 12.0 Å². The minimum absolute atomic E-state index is 0.0488. The van der Waals surface area contributed by atoms with Gasteiger partial charge in [0.05, 0.1) is 11.0 Å². The number of aldehydes is 1. The Kier molecular flexibility index (Phi) is 4.54. The first-order valence-corrected chi connectivity index (χ1v) is 5.08. The lowest BCUT2D eigenvalue weighted by Crippen LogP contribution is -2.13. The summed E-state index contributed by atoms with van der Waals surface area (Å²) in [5.74, 6) is -0.575. The van der Waals surface area contributed by atoms with Gasteiger partial charge < -0.3 is 9.90 Å². The first-order chi connectivity index (χ1) is 8.10. The Bertz CT molecular complexity index is 413. The van der Waals surface area contributed by atoms with Crippen LogP contribution in [0.1, 0.15) is 18.1 Å². The minimum atomic E-state index is -0.966. The van der Waals surface area contributed by atoms with Crippen molar-refractivity contribution in [3.05, 3.63) is 52.6 Å².